The van der Waals surface area contributed by atoms with Gasteiger partial charge in [-0.25, -0.2) is 9.97 Å². The quantitative estimate of drug-likeness (QED) is 0.796. The molecule has 0 radical (unpaired) electrons. The summed E-state index contributed by atoms with van der Waals surface area (Å²) < 4.78 is 11.4. The number of ether oxygens (including phenoxy) is 2. The molecule has 0 bridgehead atoms. The summed E-state index contributed by atoms with van der Waals surface area (Å²) in [4.78, 5) is 13.3. The minimum Gasteiger partial charge on any atom is -0.378 e. The topological polar surface area (TPSA) is 50.7 Å². The van der Waals surface area contributed by atoms with E-state index in [2.05, 4.69) is 19.8 Å². The lowest BCUT2D eigenvalue weighted by Gasteiger charge is -2.34. The summed E-state index contributed by atoms with van der Waals surface area (Å²) in [5.41, 5.74) is 1.02. The maximum absolute atomic E-state index is 6.16. The maximum atomic E-state index is 6.16. The van der Waals surface area contributed by atoms with Gasteiger partial charge in [0.15, 0.2) is 0 Å². The third-order valence-electron chi connectivity index (χ3n) is 4.68. The Morgan fingerprint density at radius 2 is 1.62 bits per heavy atom. The molecule has 0 aliphatic carbocycles. The zero-order chi connectivity index (χ0) is 17.9. The molecule has 2 fully saturated rings. The van der Waals surface area contributed by atoms with Crippen LogP contribution in [-0.4, -0.2) is 56.0 Å². The molecule has 2 saturated heterocycles. The van der Waals surface area contributed by atoms with Crippen LogP contribution in [0.15, 0.2) is 30.6 Å². The Bertz CT molecular complexity index is 771. The molecule has 0 saturated carbocycles. The second-order valence-corrected chi connectivity index (χ2v) is 7.13. The van der Waals surface area contributed by atoms with Crippen molar-refractivity contribution in [1.82, 2.24) is 9.97 Å². The van der Waals surface area contributed by atoms with E-state index in [0.717, 1.165) is 50.0 Å². The molecule has 0 spiro atoms. The fraction of sp³-hybridized carbons (Fsp3) is 0.444. The second kappa shape index (κ2) is 7.96. The number of hydrogen-bond acceptors (Lipinski definition) is 6. The number of benzene rings is 1. The first kappa shape index (κ1) is 17.8. The SMILES string of the molecule is Clc1ccc(C2CN(c3cc(N4CCOCC4)ncn3)CCO2)cc1Cl. The molecule has 26 heavy (non-hydrogen) atoms. The number of rotatable bonds is 3. The van der Waals surface area contributed by atoms with Crippen LogP contribution < -0.4 is 9.80 Å². The summed E-state index contributed by atoms with van der Waals surface area (Å²) in [5.74, 6) is 1.85. The van der Waals surface area contributed by atoms with Crippen molar-refractivity contribution < 1.29 is 9.47 Å². The Hall–Kier alpha value is -1.60. The van der Waals surface area contributed by atoms with Crippen molar-refractivity contribution in [3.8, 4) is 0 Å². The summed E-state index contributed by atoms with van der Waals surface area (Å²) in [6, 6.07) is 7.68. The average Bonchev–Trinajstić information content (AvgIpc) is 2.71. The van der Waals surface area contributed by atoms with E-state index in [0.29, 0.717) is 23.2 Å². The van der Waals surface area contributed by atoms with E-state index < -0.39 is 0 Å². The van der Waals surface area contributed by atoms with Crippen LogP contribution in [0.25, 0.3) is 0 Å². The molecule has 1 aromatic heterocycles. The van der Waals surface area contributed by atoms with E-state index >= 15 is 0 Å². The lowest BCUT2D eigenvalue weighted by Crippen LogP contribution is -2.39. The van der Waals surface area contributed by atoms with Crippen molar-refractivity contribution in [1.29, 1.82) is 0 Å². The monoisotopic (exact) mass is 394 g/mol. The first-order valence-electron chi connectivity index (χ1n) is 8.67. The molecule has 1 aromatic carbocycles. The highest BCUT2D eigenvalue weighted by molar-refractivity contribution is 6.42. The Kier molecular flexibility index (Phi) is 5.45. The van der Waals surface area contributed by atoms with Gasteiger partial charge in [-0.05, 0) is 17.7 Å². The minimum absolute atomic E-state index is 0.0691. The van der Waals surface area contributed by atoms with Crippen LogP contribution in [0.1, 0.15) is 11.7 Å². The maximum Gasteiger partial charge on any atom is 0.134 e. The fourth-order valence-electron chi connectivity index (χ4n) is 3.25. The summed E-state index contributed by atoms with van der Waals surface area (Å²) >= 11 is 12.2. The average molecular weight is 395 g/mol. The van der Waals surface area contributed by atoms with Gasteiger partial charge in [0, 0.05) is 32.2 Å². The van der Waals surface area contributed by atoms with Gasteiger partial charge >= 0.3 is 0 Å². The molecular formula is C18H20Cl2N4O2. The van der Waals surface area contributed by atoms with Crippen molar-refractivity contribution in [2.45, 2.75) is 6.10 Å². The smallest absolute Gasteiger partial charge is 0.134 e. The van der Waals surface area contributed by atoms with Crippen LogP contribution in [-0.2, 0) is 9.47 Å². The van der Waals surface area contributed by atoms with Crippen molar-refractivity contribution in [2.75, 3.05) is 55.8 Å². The van der Waals surface area contributed by atoms with Gasteiger partial charge in [0.1, 0.15) is 24.1 Å². The minimum atomic E-state index is -0.0691. The van der Waals surface area contributed by atoms with Crippen LogP contribution in [0.5, 0.6) is 0 Å². The molecule has 8 heteroatoms. The molecule has 0 amide bonds. The van der Waals surface area contributed by atoms with Gasteiger partial charge in [0.05, 0.1) is 29.9 Å². The van der Waals surface area contributed by atoms with Gasteiger partial charge in [-0.1, -0.05) is 29.3 Å². The van der Waals surface area contributed by atoms with Crippen LogP contribution in [0.3, 0.4) is 0 Å². The summed E-state index contributed by atoms with van der Waals surface area (Å²) in [7, 11) is 0. The molecule has 2 aliphatic rings. The first-order chi connectivity index (χ1) is 12.7. The zero-order valence-corrected chi connectivity index (χ0v) is 15.8. The summed E-state index contributed by atoms with van der Waals surface area (Å²) in [6.07, 6.45) is 1.56. The summed E-state index contributed by atoms with van der Waals surface area (Å²) in [6.45, 7) is 5.29. The molecule has 1 unspecified atom stereocenters. The number of hydrogen-bond donors (Lipinski definition) is 0. The van der Waals surface area contributed by atoms with Crippen LogP contribution >= 0.6 is 23.2 Å². The van der Waals surface area contributed by atoms with E-state index in [1.165, 1.54) is 0 Å². The standard InChI is InChI=1S/C18H20Cl2N4O2/c19-14-2-1-13(9-15(14)20)16-11-24(5-8-26-16)18-10-17(21-12-22-18)23-3-6-25-7-4-23/h1-2,9-10,12,16H,3-8,11H2. The number of aromatic nitrogens is 2. The lowest BCUT2D eigenvalue weighted by molar-refractivity contribution is 0.0395. The highest BCUT2D eigenvalue weighted by atomic mass is 35.5. The fourth-order valence-corrected chi connectivity index (χ4v) is 3.55. The molecule has 138 valence electrons. The Morgan fingerprint density at radius 1 is 0.885 bits per heavy atom. The van der Waals surface area contributed by atoms with Crippen molar-refractivity contribution in [2.24, 2.45) is 0 Å². The van der Waals surface area contributed by atoms with Gasteiger partial charge in [-0.2, -0.15) is 0 Å². The molecule has 6 nitrogen and oxygen atoms in total. The molecule has 2 aliphatic heterocycles. The van der Waals surface area contributed by atoms with Gasteiger partial charge in [-0.15, -0.1) is 0 Å². The molecule has 2 aromatic rings. The molecule has 0 N–H and O–H groups in total. The number of morpholine rings is 2. The number of halogens is 2. The van der Waals surface area contributed by atoms with Crippen LogP contribution in [0.4, 0.5) is 11.6 Å². The molecular weight excluding hydrogens is 375 g/mol. The van der Waals surface area contributed by atoms with Gasteiger partial charge < -0.3 is 19.3 Å². The van der Waals surface area contributed by atoms with Gasteiger partial charge in [0.2, 0.25) is 0 Å². The van der Waals surface area contributed by atoms with Crippen molar-refractivity contribution in [3.05, 3.63) is 46.2 Å². The normalized spacial score (nSPS) is 21.1. The lowest BCUT2D eigenvalue weighted by atomic mass is 10.1. The molecule has 1 atom stereocenters. The second-order valence-electron chi connectivity index (χ2n) is 6.31. The highest BCUT2D eigenvalue weighted by Gasteiger charge is 2.24. The Labute approximate surface area is 162 Å². The van der Waals surface area contributed by atoms with Crippen molar-refractivity contribution >= 4 is 34.8 Å². The molecule has 3 heterocycles. The van der Waals surface area contributed by atoms with Crippen molar-refractivity contribution in [3.63, 3.8) is 0 Å². The first-order valence-corrected chi connectivity index (χ1v) is 9.42. The Balaban J connectivity index is 1.51. The predicted octanol–water partition coefficient (Wildman–Crippen LogP) is 3.20. The van der Waals surface area contributed by atoms with Crippen LogP contribution in [0, 0.1) is 0 Å². The van der Waals surface area contributed by atoms with E-state index in [1.807, 2.05) is 24.3 Å². The van der Waals surface area contributed by atoms with E-state index in [9.17, 15) is 0 Å². The third kappa shape index (κ3) is 3.88. The third-order valence-corrected chi connectivity index (χ3v) is 5.42. The number of nitrogens with zero attached hydrogens (tertiary/aromatic N) is 4. The van der Waals surface area contributed by atoms with Gasteiger partial charge in [-0.3, -0.25) is 0 Å². The van der Waals surface area contributed by atoms with Gasteiger partial charge in [0.25, 0.3) is 0 Å². The van der Waals surface area contributed by atoms with E-state index in [4.69, 9.17) is 32.7 Å². The van der Waals surface area contributed by atoms with Crippen LogP contribution in [0.2, 0.25) is 10.0 Å². The number of anilines is 2. The largest absolute Gasteiger partial charge is 0.378 e. The molecule has 4 rings (SSSR count). The summed E-state index contributed by atoms with van der Waals surface area (Å²) in [5, 5.41) is 1.09. The highest BCUT2D eigenvalue weighted by Crippen LogP contribution is 2.30. The predicted molar refractivity (Wildman–Crippen MR) is 102 cm³/mol. The Morgan fingerprint density at radius 3 is 2.38 bits per heavy atom. The van der Waals surface area contributed by atoms with E-state index in [-0.39, 0.29) is 6.10 Å². The van der Waals surface area contributed by atoms with E-state index in [1.54, 1.807) is 6.33 Å². The zero-order valence-electron chi connectivity index (χ0n) is 14.3.